The van der Waals surface area contributed by atoms with E-state index in [4.69, 9.17) is 71.3 Å². The van der Waals surface area contributed by atoms with Gasteiger partial charge in [0, 0.05) is 58.9 Å². The molecule has 0 aromatic carbocycles. The van der Waals surface area contributed by atoms with Crippen LogP contribution in [-0.2, 0) is 33.3 Å². The van der Waals surface area contributed by atoms with Gasteiger partial charge in [0.25, 0.3) is 0 Å². The number of nitrogens with zero attached hydrogens (tertiary/aromatic N) is 12. The molecule has 0 bridgehead atoms. The van der Waals surface area contributed by atoms with E-state index < -0.39 is 36.0 Å². The minimum atomic E-state index is -5.19. The third kappa shape index (κ3) is 83.9. The topological polar surface area (TPSA) is 429 Å². The van der Waals surface area contributed by atoms with Crippen molar-refractivity contribution in [2.75, 3.05) is 105 Å². The summed E-state index contributed by atoms with van der Waals surface area (Å²) >= 11 is 0. The lowest BCUT2D eigenvalue weighted by molar-refractivity contribution is -0.374. The summed E-state index contributed by atoms with van der Waals surface area (Å²) in [6.45, 7) is 13.3. The number of amides is 1. The number of carboxylic acid groups (broad SMARTS) is 2. The number of hydrogen-bond acceptors (Lipinski definition) is 14. The summed E-state index contributed by atoms with van der Waals surface area (Å²) in [4.78, 5) is 39.1. The van der Waals surface area contributed by atoms with Crippen molar-refractivity contribution in [1.82, 2.24) is 5.32 Å². The fraction of sp³-hybridized carbons (Fsp3) is 0.880. The molecule has 10 N–H and O–H groups in total. The fourth-order valence-corrected chi connectivity index (χ4v) is 1.84. The Hall–Kier alpha value is -4.96. The Balaban J connectivity index is -0.000000110. The third-order valence-corrected chi connectivity index (χ3v) is 3.82. The maximum Gasteiger partial charge on any atom is 0.490 e. The normalized spacial score (nSPS) is 9.59. The summed E-state index contributed by atoms with van der Waals surface area (Å²) in [7, 11) is 0. The van der Waals surface area contributed by atoms with E-state index >= 15 is 0 Å². The first-order valence-electron chi connectivity index (χ1n) is 15.8. The number of nitrogens with one attached hydrogen (secondary N) is 1. The molecule has 0 radical (unpaired) electrons. The number of rotatable bonds is 21. The number of alkyl carbamates (subject to hydrolysis) is 1. The van der Waals surface area contributed by atoms with Crippen molar-refractivity contribution in [2.45, 2.75) is 38.7 Å². The van der Waals surface area contributed by atoms with Crippen LogP contribution in [0, 0.1) is 0 Å². The number of nitrogens with two attached hydrogens (primary N) is 1. The summed E-state index contributed by atoms with van der Waals surface area (Å²) < 4.78 is 88.2. The van der Waals surface area contributed by atoms with E-state index in [0.717, 1.165) is 13.1 Å². The molecule has 58 heavy (non-hydrogen) atoms. The van der Waals surface area contributed by atoms with Gasteiger partial charge in [0.15, 0.2) is 0 Å². The van der Waals surface area contributed by atoms with Crippen LogP contribution in [0.25, 0.3) is 41.8 Å². The van der Waals surface area contributed by atoms with Gasteiger partial charge in [-0.25, -0.2) is 9.59 Å². The van der Waals surface area contributed by atoms with Crippen LogP contribution in [0.4, 0.5) is 31.1 Å². The van der Waals surface area contributed by atoms with Crippen molar-refractivity contribution < 1.29 is 98.5 Å². The number of azide groups is 4. The monoisotopic (exact) mass is 884 g/mol. The molecular weight excluding hydrogens is 834 g/mol. The minimum absolute atomic E-state index is 0. The minimum Gasteiger partial charge on any atom is -1.00 e. The molecule has 33 heteroatoms. The van der Waals surface area contributed by atoms with E-state index in [1.807, 2.05) is 0 Å². The van der Waals surface area contributed by atoms with Crippen molar-refractivity contribution in [2.24, 2.45) is 26.2 Å². The van der Waals surface area contributed by atoms with Crippen LogP contribution in [0.3, 0.4) is 0 Å². The van der Waals surface area contributed by atoms with Crippen LogP contribution in [0.2, 0.25) is 0 Å². The highest BCUT2D eigenvalue weighted by Gasteiger charge is 2.38. The van der Waals surface area contributed by atoms with Crippen LogP contribution in [0.1, 0.15) is 20.8 Å². The molecular formula is C25H51ClF6N16O10. The lowest BCUT2D eigenvalue weighted by atomic mass is 10.2. The second-order valence-corrected chi connectivity index (χ2v) is 9.78. The summed E-state index contributed by atoms with van der Waals surface area (Å²) in [5.41, 5.74) is 43.2. The standard InChI is InChI=1S/C9H18N4O3.3C4H10N4O.2C2HF3O2.ClH/c1-9(2,3)16-8(14)11-4-6-15-7-5-12-13-10;3*5-1-3-9-4-2-7-8-6;2*3-2(4,5)1(6)7;/h4-7H2,1-3H3,(H,11,14);3*1-5H2;2*(H,6,7);1H. The number of hydrogen-bond donors (Lipinski definition) is 5. The average molecular weight is 885 g/mol. The van der Waals surface area contributed by atoms with Crippen molar-refractivity contribution in [3.05, 3.63) is 41.8 Å². The fourth-order valence-electron chi connectivity index (χ4n) is 1.84. The maximum absolute atomic E-state index is 11.1. The highest BCUT2D eigenvalue weighted by Crippen LogP contribution is 2.13. The molecule has 26 nitrogen and oxygen atoms in total. The predicted molar refractivity (Wildman–Crippen MR) is 183 cm³/mol. The van der Waals surface area contributed by atoms with Crippen molar-refractivity contribution in [3.63, 3.8) is 0 Å². The lowest BCUT2D eigenvalue weighted by Crippen LogP contribution is -3.00. The van der Waals surface area contributed by atoms with Gasteiger partial charge in [0.05, 0.1) is 65.9 Å². The van der Waals surface area contributed by atoms with E-state index in [1.54, 1.807) is 20.8 Å². The molecule has 0 heterocycles. The molecule has 0 aliphatic heterocycles. The Labute approximate surface area is 333 Å². The number of quaternary nitrogens is 2. The summed E-state index contributed by atoms with van der Waals surface area (Å²) in [6, 6.07) is 0. The van der Waals surface area contributed by atoms with Gasteiger partial charge in [0.1, 0.15) is 11.6 Å². The van der Waals surface area contributed by atoms with E-state index in [1.165, 1.54) is 0 Å². The van der Waals surface area contributed by atoms with Crippen LogP contribution < -0.4 is 40.0 Å². The molecule has 340 valence electrons. The first-order valence-corrected chi connectivity index (χ1v) is 15.8. The molecule has 0 atom stereocenters. The zero-order chi connectivity index (χ0) is 45.4. The molecule has 1 amide bonds. The maximum atomic E-state index is 11.1. The Morgan fingerprint density at radius 2 is 0.966 bits per heavy atom. The molecule has 0 fully saturated rings. The second-order valence-electron chi connectivity index (χ2n) is 9.78. The first kappa shape index (κ1) is 67.8. The number of halogens is 7. The van der Waals surface area contributed by atoms with E-state index in [0.29, 0.717) is 92.1 Å². The molecule has 0 saturated carbocycles. The molecule has 0 aromatic heterocycles. The van der Waals surface area contributed by atoms with Crippen molar-refractivity contribution in [3.8, 4) is 0 Å². The van der Waals surface area contributed by atoms with Gasteiger partial charge in [0.2, 0.25) is 0 Å². The number of alkyl halides is 6. The zero-order valence-electron chi connectivity index (χ0n) is 31.9. The SMILES string of the molecule is CC(C)(C)OC(=O)NCCOCCN=[N+]=[N-].O=C(O)C(F)(F)F.O=C([O-])C(F)(F)F.[Cl-].[N-]=[N+]=NCCOCCN.[N-]=[N+]=NCCOCC[NH3+].[N-]=[N+]=NCCOCC[NH3+]. The molecule has 0 aliphatic carbocycles. The van der Waals surface area contributed by atoms with Gasteiger partial charge in [-0.2, -0.15) is 26.3 Å². The summed E-state index contributed by atoms with van der Waals surface area (Å²) in [6.07, 6.45) is -10.7. The molecule has 0 rings (SSSR count). The van der Waals surface area contributed by atoms with Crippen LogP contribution in [-0.4, -0.2) is 146 Å². The van der Waals surface area contributed by atoms with Gasteiger partial charge < -0.3 is 73.6 Å². The van der Waals surface area contributed by atoms with Gasteiger partial charge >= 0.3 is 24.4 Å². The zero-order valence-corrected chi connectivity index (χ0v) is 32.7. The smallest absolute Gasteiger partial charge is 0.490 e. The number of carbonyl (C=O) groups is 3. The van der Waals surface area contributed by atoms with Crippen LogP contribution in [0.5, 0.6) is 0 Å². The Morgan fingerprint density at radius 1 is 0.672 bits per heavy atom. The average Bonchev–Trinajstić information content (AvgIpc) is 3.11. The third-order valence-electron chi connectivity index (χ3n) is 3.82. The van der Waals surface area contributed by atoms with E-state index in [-0.39, 0.29) is 12.4 Å². The highest BCUT2D eigenvalue weighted by molar-refractivity contribution is 5.73. The number of aliphatic carboxylic acids is 2. The largest absolute Gasteiger partial charge is 1.00 e. The van der Waals surface area contributed by atoms with Crippen molar-refractivity contribution >= 4 is 18.0 Å². The Morgan fingerprint density at radius 3 is 1.19 bits per heavy atom. The molecule has 0 aliphatic rings. The van der Waals surface area contributed by atoms with E-state index in [2.05, 4.69) is 56.9 Å². The Bertz CT molecular complexity index is 1110. The summed E-state index contributed by atoms with van der Waals surface area (Å²) in [5.74, 6) is -5.76. The van der Waals surface area contributed by atoms with Crippen LogP contribution in [0.15, 0.2) is 20.5 Å². The predicted octanol–water partition coefficient (Wildman–Crippen LogP) is -1.84. The Kier molecular flexibility index (Phi) is 58.5. The lowest BCUT2D eigenvalue weighted by Gasteiger charge is -2.19. The van der Waals surface area contributed by atoms with Gasteiger partial charge in [-0.15, -0.1) is 0 Å². The number of ether oxygens (including phenoxy) is 5. The molecule has 0 aromatic rings. The first-order chi connectivity index (χ1) is 26.6. The molecule has 0 unspecified atom stereocenters. The number of carboxylic acids is 2. The molecule has 0 saturated heterocycles. The van der Waals surface area contributed by atoms with Gasteiger partial charge in [-0.05, 0) is 42.9 Å². The van der Waals surface area contributed by atoms with Gasteiger partial charge in [-0.1, -0.05) is 20.5 Å². The van der Waals surface area contributed by atoms with Crippen LogP contribution >= 0.6 is 0 Å². The van der Waals surface area contributed by atoms with Gasteiger partial charge in [-0.3, -0.25) is 0 Å². The summed E-state index contributed by atoms with van der Waals surface area (Å²) in [5, 5.41) is 31.6. The highest BCUT2D eigenvalue weighted by atomic mass is 35.5. The number of carbonyl (C=O) groups excluding carboxylic acids is 2. The molecule has 0 spiro atoms. The quantitative estimate of drug-likeness (QED) is 0.0280. The van der Waals surface area contributed by atoms with Crippen molar-refractivity contribution in [1.29, 1.82) is 0 Å². The second kappa shape index (κ2) is 50.1. The van der Waals surface area contributed by atoms with E-state index in [9.17, 15) is 31.1 Å².